The summed E-state index contributed by atoms with van der Waals surface area (Å²) in [7, 11) is 0. The molecule has 18 heavy (non-hydrogen) atoms. The van der Waals surface area contributed by atoms with Crippen molar-refractivity contribution in [2.45, 2.75) is 38.6 Å². The number of rotatable bonds is 2. The maximum Gasteiger partial charge on any atom is 0.257 e. The van der Waals surface area contributed by atoms with Gasteiger partial charge in [0, 0.05) is 18.3 Å². The monoisotopic (exact) mass is 250 g/mol. The molecule has 98 valence electrons. The summed E-state index contributed by atoms with van der Waals surface area (Å²) in [6.07, 6.45) is 4.08. The number of carbonyl (C=O) groups is 1. The lowest BCUT2D eigenvalue weighted by Crippen LogP contribution is -2.43. The highest BCUT2D eigenvalue weighted by Crippen LogP contribution is 2.23. The van der Waals surface area contributed by atoms with Crippen LogP contribution in [-0.4, -0.2) is 23.4 Å². The van der Waals surface area contributed by atoms with Gasteiger partial charge in [0.2, 0.25) is 0 Å². The predicted octanol–water partition coefficient (Wildman–Crippen LogP) is 2.81. The molecule has 1 aliphatic heterocycles. The summed E-state index contributed by atoms with van der Waals surface area (Å²) in [5, 5.41) is 0. The van der Waals surface area contributed by atoms with E-state index in [-0.39, 0.29) is 17.5 Å². The minimum Gasteiger partial charge on any atom is -0.399 e. The fourth-order valence-corrected chi connectivity index (χ4v) is 2.55. The number of benzene rings is 1. The third-order valence-electron chi connectivity index (χ3n) is 3.58. The summed E-state index contributed by atoms with van der Waals surface area (Å²) in [4.78, 5) is 14.1. The SMILES string of the molecule is CCC1CCCCN1C(=O)c1ccc(N)cc1F. The largest absolute Gasteiger partial charge is 0.399 e. The molecule has 2 N–H and O–H groups in total. The standard InChI is InChI=1S/C14H19FN2O/c1-2-11-5-3-4-8-17(11)14(18)12-7-6-10(16)9-13(12)15/h6-7,9,11H,2-5,8,16H2,1H3. The summed E-state index contributed by atoms with van der Waals surface area (Å²) in [6.45, 7) is 2.79. The Labute approximate surface area is 107 Å². The molecule has 1 aliphatic rings. The summed E-state index contributed by atoms with van der Waals surface area (Å²) < 4.78 is 13.8. The number of halogens is 1. The van der Waals surface area contributed by atoms with E-state index in [4.69, 9.17) is 5.73 Å². The molecular formula is C14H19FN2O. The zero-order valence-corrected chi connectivity index (χ0v) is 10.7. The molecule has 0 spiro atoms. The quantitative estimate of drug-likeness (QED) is 0.820. The highest BCUT2D eigenvalue weighted by molar-refractivity contribution is 5.95. The van der Waals surface area contributed by atoms with Crippen molar-refractivity contribution < 1.29 is 9.18 Å². The van der Waals surface area contributed by atoms with Gasteiger partial charge in [-0.15, -0.1) is 0 Å². The van der Waals surface area contributed by atoms with Crippen LogP contribution in [0.5, 0.6) is 0 Å². The van der Waals surface area contributed by atoms with E-state index in [0.717, 1.165) is 32.2 Å². The molecule has 1 amide bonds. The highest BCUT2D eigenvalue weighted by atomic mass is 19.1. The van der Waals surface area contributed by atoms with Crippen LogP contribution in [0.15, 0.2) is 18.2 Å². The summed E-state index contributed by atoms with van der Waals surface area (Å²) in [5.74, 6) is -0.737. The third-order valence-corrected chi connectivity index (χ3v) is 3.58. The number of nitrogen functional groups attached to an aromatic ring is 1. The average Bonchev–Trinajstić information content (AvgIpc) is 2.38. The molecule has 1 saturated heterocycles. The van der Waals surface area contributed by atoms with Gasteiger partial charge >= 0.3 is 0 Å². The van der Waals surface area contributed by atoms with Crippen LogP contribution in [0.4, 0.5) is 10.1 Å². The van der Waals surface area contributed by atoms with Crippen LogP contribution < -0.4 is 5.73 Å². The van der Waals surface area contributed by atoms with Crippen LogP contribution in [-0.2, 0) is 0 Å². The first-order valence-corrected chi connectivity index (χ1v) is 6.49. The predicted molar refractivity (Wildman–Crippen MR) is 69.8 cm³/mol. The molecule has 2 rings (SSSR count). The van der Waals surface area contributed by atoms with Gasteiger partial charge in [-0.25, -0.2) is 4.39 Å². The maximum atomic E-state index is 13.8. The number of amides is 1. The topological polar surface area (TPSA) is 46.3 Å². The van der Waals surface area contributed by atoms with E-state index >= 15 is 0 Å². The number of piperidine rings is 1. The van der Waals surface area contributed by atoms with Crippen LogP contribution >= 0.6 is 0 Å². The number of likely N-dealkylation sites (tertiary alicyclic amines) is 1. The second kappa shape index (κ2) is 5.38. The van der Waals surface area contributed by atoms with Crippen molar-refractivity contribution in [3.05, 3.63) is 29.6 Å². The Morgan fingerprint density at radius 1 is 1.50 bits per heavy atom. The maximum absolute atomic E-state index is 13.8. The first kappa shape index (κ1) is 12.9. The molecule has 1 atom stereocenters. The Bertz CT molecular complexity index is 447. The van der Waals surface area contributed by atoms with Crippen molar-refractivity contribution in [3.63, 3.8) is 0 Å². The first-order valence-electron chi connectivity index (χ1n) is 6.49. The van der Waals surface area contributed by atoms with Gasteiger partial charge in [0.15, 0.2) is 0 Å². The summed E-state index contributed by atoms with van der Waals surface area (Å²) in [5.41, 5.74) is 5.97. The second-order valence-corrected chi connectivity index (χ2v) is 4.80. The van der Waals surface area contributed by atoms with Gasteiger partial charge in [-0.1, -0.05) is 6.92 Å². The lowest BCUT2D eigenvalue weighted by molar-refractivity contribution is 0.0603. The first-order chi connectivity index (χ1) is 8.63. The third kappa shape index (κ3) is 2.47. The number of anilines is 1. The molecule has 1 aromatic rings. The second-order valence-electron chi connectivity index (χ2n) is 4.80. The minimum atomic E-state index is -0.527. The van der Waals surface area contributed by atoms with Crippen LogP contribution in [0.3, 0.4) is 0 Å². The van der Waals surface area contributed by atoms with Crippen molar-refractivity contribution >= 4 is 11.6 Å². The fraction of sp³-hybridized carbons (Fsp3) is 0.500. The van der Waals surface area contributed by atoms with E-state index < -0.39 is 5.82 Å². The molecule has 0 radical (unpaired) electrons. The van der Waals surface area contributed by atoms with Gasteiger partial charge in [0.05, 0.1) is 5.56 Å². The van der Waals surface area contributed by atoms with Gasteiger partial charge < -0.3 is 10.6 Å². The molecule has 1 heterocycles. The molecule has 4 heteroatoms. The molecule has 0 aliphatic carbocycles. The van der Waals surface area contributed by atoms with Crippen LogP contribution in [0.1, 0.15) is 43.0 Å². The Morgan fingerprint density at radius 3 is 2.94 bits per heavy atom. The van der Waals surface area contributed by atoms with Crippen molar-refractivity contribution in [2.24, 2.45) is 0 Å². The van der Waals surface area contributed by atoms with E-state index in [2.05, 4.69) is 6.92 Å². The molecule has 1 fully saturated rings. The van der Waals surface area contributed by atoms with Gasteiger partial charge in [-0.2, -0.15) is 0 Å². The zero-order chi connectivity index (χ0) is 13.1. The van der Waals surface area contributed by atoms with Gasteiger partial charge in [-0.05, 0) is 43.9 Å². The van der Waals surface area contributed by atoms with E-state index in [1.54, 1.807) is 11.0 Å². The Balaban J connectivity index is 2.24. The highest BCUT2D eigenvalue weighted by Gasteiger charge is 2.27. The van der Waals surface area contributed by atoms with Crippen LogP contribution in [0, 0.1) is 5.82 Å². The number of carbonyl (C=O) groups excluding carboxylic acids is 1. The lowest BCUT2D eigenvalue weighted by Gasteiger charge is -2.35. The molecule has 0 aromatic heterocycles. The van der Waals surface area contributed by atoms with E-state index in [1.807, 2.05) is 0 Å². The molecular weight excluding hydrogens is 231 g/mol. The van der Waals surface area contributed by atoms with E-state index in [0.29, 0.717) is 5.69 Å². The number of nitrogens with zero attached hydrogens (tertiary/aromatic N) is 1. The Morgan fingerprint density at radius 2 is 2.28 bits per heavy atom. The Kier molecular flexibility index (Phi) is 3.84. The van der Waals surface area contributed by atoms with Gasteiger partial charge in [0.25, 0.3) is 5.91 Å². The Hall–Kier alpha value is -1.58. The average molecular weight is 250 g/mol. The number of hydrogen-bond acceptors (Lipinski definition) is 2. The van der Waals surface area contributed by atoms with Gasteiger partial charge in [0.1, 0.15) is 5.82 Å². The van der Waals surface area contributed by atoms with Crippen molar-refractivity contribution in [3.8, 4) is 0 Å². The van der Waals surface area contributed by atoms with E-state index in [1.165, 1.54) is 12.1 Å². The molecule has 3 nitrogen and oxygen atoms in total. The van der Waals surface area contributed by atoms with Crippen molar-refractivity contribution in [1.29, 1.82) is 0 Å². The van der Waals surface area contributed by atoms with Crippen LogP contribution in [0.25, 0.3) is 0 Å². The van der Waals surface area contributed by atoms with E-state index in [9.17, 15) is 9.18 Å². The van der Waals surface area contributed by atoms with Crippen molar-refractivity contribution in [2.75, 3.05) is 12.3 Å². The molecule has 1 unspecified atom stereocenters. The molecule has 0 bridgehead atoms. The van der Waals surface area contributed by atoms with Crippen molar-refractivity contribution in [1.82, 2.24) is 4.90 Å². The molecule has 0 saturated carbocycles. The summed E-state index contributed by atoms with van der Waals surface area (Å²) >= 11 is 0. The molecule has 1 aromatic carbocycles. The van der Waals surface area contributed by atoms with Gasteiger partial charge in [-0.3, -0.25) is 4.79 Å². The minimum absolute atomic E-state index is 0.129. The lowest BCUT2D eigenvalue weighted by atomic mass is 9.98. The number of nitrogens with two attached hydrogens (primary N) is 1. The fourth-order valence-electron chi connectivity index (χ4n) is 2.55. The van der Waals surface area contributed by atoms with Crippen LogP contribution in [0.2, 0.25) is 0 Å². The number of hydrogen-bond donors (Lipinski definition) is 1. The normalized spacial score (nSPS) is 19.9. The zero-order valence-electron chi connectivity index (χ0n) is 10.7. The summed E-state index contributed by atoms with van der Waals surface area (Å²) in [6, 6.07) is 4.50. The smallest absolute Gasteiger partial charge is 0.257 e.